The molecule has 6 nitrogen and oxygen atoms in total. The Bertz CT molecular complexity index is 325. The van der Waals surface area contributed by atoms with Crippen LogP contribution in [0.1, 0.15) is 20.8 Å². The molecule has 2 amide bonds. The molecule has 110 valence electrons. The Morgan fingerprint density at radius 1 is 1.53 bits per heavy atom. The van der Waals surface area contributed by atoms with Gasteiger partial charge in [-0.3, -0.25) is 4.90 Å². The Morgan fingerprint density at radius 3 is 2.74 bits per heavy atom. The van der Waals surface area contributed by atoms with Gasteiger partial charge in [-0.15, -0.1) is 11.8 Å². The molecule has 7 heteroatoms. The summed E-state index contributed by atoms with van der Waals surface area (Å²) in [5.74, 6) is -0.292. The first kappa shape index (κ1) is 16.1. The van der Waals surface area contributed by atoms with Crippen molar-refractivity contribution in [2.75, 3.05) is 25.5 Å². The monoisotopic (exact) mass is 290 g/mol. The molecule has 0 aliphatic carbocycles. The van der Waals surface area contributed by atoms with E-state index in [0.717, 1.165) is 0 Å². The van der Waals surface area contributed by atoms with Crippen molar-refractivity contribution < 1.29 is 19.4 Å². The third-order valence-corrected chi connectivity index (χ3v) is 4.47. The number of aliphatic carboxylic acids is 1. The molecule has 19 heavy (non-hydrogen) atoms. The van der Waals surface area contributed by atoms with Crippen LogP contribution in [0.25, 0.3) is 0 Å². The van der Waals surface area contributed by atoms with Crippen LogP contribution >= 0.6 is 11.8 Å². The van der Waals surface area contributed by atoms with Gasteiger partial charge in [0.2, 0.25) is 0 Å². The molecule has 1 fully saturated rings. The summed E-state index contributed by atoms with van der Waals surface area (Å²) in [6.07, 6.45) is 0. The van der Waals surface area contributed by atoms with Crippen LogP contribution in [0.2, 0.25) is 0 Å². The number of nitrogens with zero attached hydrogens (tertiary/aromatic N) is 1. The first-order chi connectivity index (χ1) is 8.99. The number of carbonyl (C=O) groups excluding carboxylic acids is 1. The maximum Gasteiger partial charge on any atom is 0.327 e. The van der Waals surface area contributed by atoms with Crippen molar-refractivity contribution in [3.8, 4) is 0 Å². The summed E-state index contributed by atoms with van der Waals surface area (Å²) >= 11 is 1.52. The first-order valence-corrected chi connectivity index (χ1v) is 7.52. The summed E-state index contributed by atoms with van der Waals surface area (Å²) in [5, 5.41) is 11.8. The molecular weight excluding hydrogens is 268 g/mol. The van der Waals surface area contributed by atoms with E-state index in [-0.39, 0.29) is 17.3 Å². The maximum atomic E-state index is 12.1. The van der Waals surface area contributed by atoms with Gasteiger partial charge in [-0.25, -0.2) is 9.59 Å². The van der Waals surface area contributed by atoms with Gasteiger partial charge >= 0.3 is 12.0 Å². The van der Waals surface area contributed by atoms with Crippen molar-refractivity contribution >= 4 is 23.8 Å². The van der Waals surface area contributed by atoms with Crippen LogP contribution in [0.5, 0.6) is 0 Å². The third kappa shape index (κ3) is 4.28. The van der Waals surface area contributed by atoms with E-state index in [0.29, 0.717) is 25.5 Å². The fourth-order valence-corrected chi connectivity index (χ4v) is 3.43. The van der Waals surface area contributed by atoms with Crippen LogP contribution in [-0.2, 0) is 9.53 Å². The Kier molecular flexibility index (Phi) is 6.44. The molecule has 0 radical (unpaired) electrons. The quantitative estimate of drug-likeness (QED) is 0.719. The molecule has 0 spiro atoms. The van der Waals surface area contributed by atoms with Crippen LogP contribution < -0.4 is 5.32 Å². The van der Waals surface area contributed by atoms with Crippen molar-refractivity contribution in [3.63, 3.8) is 0 Å². The van der Waals surface area contributed by atoms with Gasteiger partial charge in [0.1, 0.15) is 6.04 Å². The van der Waals surface area contributed by atoms with Crippen LogP contribution in [0, 0.1) is 5.92 Å². The number of carbonyl (C=O) groups is 2. The lowest BCUT2D eigenvalue weighted by atomic mass is 10.2. The van der Waals surface area contributed by atoms with Gasteiger partial charge in [-0.1, -0.05) is 13.8 Å². The van der Waals surface area contributed by atoms with E-state index in [9.17, 15) is 14.7 Å². The highest BCUT2D eigenvalue weighted by Crippen LogP contribution is 2.33. The van der Waals surface area contributed by atoms with E-state index < -0.39 is 12.0 Å². The van der Waals surface area contributed by atoms with Crippen LogP contribution in [-0.4, -0.2) is 58.9 Å². The molecule has 1 saturated heterocycles. The maximum absolute atomic E-state index is 12.1. The number of ether oxygens (including phenoxy) is 1. The van der Waals surface area contributed by atoms with Gasteiger partial charge in [0, 0.05) is 18.9 Å². The van der Waals surface area contributed by atoms with E-state index in [1.165, 1.54) is 16.7 Å². The van der Waals surface area contributed by atoms with Crippen LogP contribution in [0.4, 0.5) is 4.79 Å². The largest absolute Gasteiger partial charge is 0.480 e. The van der Waals surface area contributed by atoms with E-state index >= 15 is 0 Å². The highest BCUT2D eigenvalue weighted by molar-refractivity contribution is 8.00. The number of hydrogen-bond donors (Lipinski definition) is 2. The zero-order chi connectivity index (χ0) is 14.4. The molecule has 0 aromatic carbocycles. The fraction of sp³-hybridized carbons (Fsp3) is 0.833. The highest BCUT2D eigenvalue weighted by Gasteiger charge is 2.42. The average molecular weight is 290 g/mol. The van der Waals surface area contributed by atoms with Gasteiger partial charge in [0.05, 0.1) is 12.0 Å². The molecule has 1 aliphatic heterocycles. The fourth-order valence-electron chi connectivity index (χ4n) is 1.95. The Morgan fingerprint density at radius 2 is 2.21 bits per heavy atom. The number of hydrogen-bond acceptors (Lipinski definition) is 4. The van der Waals surface area contributed by atoms with Crippen molar-refractivity contribution in [2.45, 2.75) is 32.2 Å². The number of urea groups is 1. The molecule has 2 N–H and O–H groups in total. The SMILES string of the molecule is CCOCCNC(=O)N1C(C(=O)O)CSC1C(C)C. The molecule has 1 rings (SSSR count). The summed E-state index contributed by atoms with van der Waals surface area (Å²) in [5.41, 5.74) is 0. The molecule has 1 aliphatic rings. The van der Waals surface area contributed by atoms with Gasteiger partial charge in [-0.2, -0.15) is 0 Å². The topological polar surface area (TPSA) is 78.9 Å². The van der Waals surface area contributed by atoms with Crippen LogP contribution in [0.3, 0.4) is 0 Å². The number of amides is 2. The first-order valence-electron chi connectivity index (χ1n) is 6.47. The van der Waals surface area contributed by atoms with Crippen molar-refractivity contribution in [1.82, 2.24) is 10.2 Å². The van der Waals surface area contributed by atoms with Gasteiger partial charge in [0.15, 0.2) is 0 Å². The normalized spacial score (nSPS) is 22.8. The predicted octanol–water partition coefficient (Wildman–Crippen LogP) is 1.22. The molecule has 0 aromatic heterocycles. The van der Waals surface area contributed by atoms with Crippen molar-refractivity contribution in [2.24, 2.45) is 5.92 Å². The zero-order valence-corrected chi connectivity index (χ0v) is 12.4. The molecular formula is C12H22N2O4S. The number of carboxylic acids is 1. The minimum Gasteiger partial charge on any atom is -0.480 e. The highest BCUT2D eigenvalue weighted by atomic mass is 32.2. The summed E-state index contributed by atoms with van der Waals surface area (Å²) < 4.78 is 5.14. The Hall–Kier alpha value is -0.950. The molecule has 0 saturated carbocycles. The number of rotatable bonds is 6. The van der Waals surface area contributed by atoms with E-state index in [2.05, 4.69) is 5.32 Å². The molecule has 0 bridgehead atoms. The summed E-state index contributed by atoms with van der Waals surface area (Å²) in [7, 11) is 0. The Labute approximate surface area is 117 Å². The van der Waals surface area contributed by atoms with E-state index in [4.69, 9.17) is 4.74 Å². The lowest BCUT2D eigenvalue weighted by Gasteiger charge is -2.29. The van der Waals surface area contributed by atoms with Gasteiger partial charge < -0.3 is 15.2 Å². The third-order valence-electron chi connectivity index (χ3n) is 2.85. The standard InChI is InChI=1S/C12H22N2O4S/c1-4-18-6-5-13-12(17)14-9(11(15)16)7-19-10(14)8(2)3/h8-10H,4-7H2,1-3H3,(H,13,17)(H,15,16). The second-order valence-electron chi connectivity index (χ2n) is 4.66. The number of carboxylic acid groups (broad SMARTS) is 1. The van der Waals surface area contributed by atoms with E-state index in [1.54, 1.807) is 0 Å². The van der Waals surface area contributed by atoms with E-state index in [1.807, 2.05) is 20.8 Å². The lowest BCUT2D eigenvalue weighted by molar-refractivity contribution is -0.141. The molecule has 0 aromatic rings. The molecule has 1 heterocycles. The van der Waals surface area contributed by atoms with Crippen molar-refractivity contribution in [3.05, 3.63) is 0 Å². The zero-order valence-electron chi connectivity index (χ0n) is 11.6. The summed E-state index contributed by atoms with van der Waals surface area (Å²) in [6.45, 7) is 7.29. The second-order valence-corrected chi connectivity index (χ2v) is 5.81. The van der Waals surface area contributed by atoms with Crippen LogP contribution in [0.15, 0.2) is 0 Å². The minimum atomic E-state index is -0.949. The number of thioether (sulfide) groups is 1. The second kappa shape index (κ2) is 7.59. The molecule has 2 atom stereocenters. The molecule has 2 unspecified atom stereocenters. The number of nitrogens with one attached hydrogen (secondary N) is 1. The predicted molar refractivity (Wildman–Crippen MR) is 74.2 cm³/mol. The van der Waals surface area contributed by atoms with Crippen molar-refractivity contribution in [1.29, 1.82) is 0 Å². The Balaban J connectivity index is 2.62. The summed E-state index contributed by atoms with van der Waals surface area (Å²) in [4.78, 5) is 24.8. The smallest absolute Gasteiger partial charge is 0.327 e. The van der Waals surface area contributed by atoms with Gasteiger partial charge in [0.25, 0.3) is 0 Å². The minimum absolute atomic E-state index is 0.0896. The lowest BCUT2D eigenvalue weighted by Crippen LogP contribution is -2.51. The van der Waals surface area contributed by atoms with Gasteiger partial charge in [-0.05, 0) is 12.8 Å². The summed E-state index contributed by atoms with van der Waals surface area (Å²) in [6, 6.07) is -1.07. The average Bonchev–Trinajstić information content (AvgIpc) is 2.79.